The van der Waals surface area contributed by atoms with Crippen molar-refractivity contribution in [2.24, 2.45) is 0 Å². The van der Waals surface area contributed by atoms with Crippen LogP contribution in [0.1, 0.15) is 98.2 Å². The van der Waals surface area contributed by atoms with Crippen molar-refractivity contribution in [3.63, 3.8) is 0 Å². The zero-order valence-corrected chi connectivity index (χ0v) is 57.2. The number of benzene rings is 2. The summed E-state index contributed by atoms with van der Waals surface area (Å²) in [5, 5.41) is 32.4. The number of hydrogen-bond donors (Lipinski definition) is 10. The number of rotatable bonds is 6. The molecule has 0 fully saturated rings. The largest absolute Gasteiger partial charge is 0.504 e. The zero-order valence-electron chi connectivity index (χ0n) is 55.7. The maximum atomic E-state index is 13.4. The molecule has 0 saturated carbocycles. The van der Waals surface area contributed by atoms with Crippen LogP contribution in [0.25, 0.3) is 66.3 Å². The number of carbonyl (C=O) groups excluding carboxylic acids is 11. The van der Waals surface area contributed by atoms with Crippen LogP contribution in [0.2, 0.25) is 0 Å². The number of ether oxygens (including phenoxy) is 1. The van der Waals surface area contributed by atoms with Gasteiger partial charge in [-0.1, -0.05) is 0 Å². The van der Waals surface area contributed by atoms with Crippen LogP contribution in [0.3, 0.4) is 0 Å². The third kappa shape index (κ3) is 19.2. The summed E-state index contributed by atoms with van der Waals surface area (Å²) in [5.74, 6) is 0.457. The standard InChI is InChI=1S/C21H18ClN5O4.C16H19ClN2O4.C10H11N3O.C9H9N3O.C8H9N3.3CO2/c1-9(28)24-13-3-11-4-14(26-20(11)23-7-13)21(30)27-8-12(6-22)17-15(27)5-16(29)19-18(17)25-10(2)31-19;1-8-18-13-12-9(6-17)7-19(15(21)23-16(2,3)4)10(12)5-11(20)14(13)22-8;1-6-3-8-4-9(13-7(2)14)5-11-10(8)12-6;1-6(13)12-8-4-7-2-3-10-9(7)11-5-8;1-5-2-6-3-7(9)4-10-8(6)11-5;3*2-1-3/h3-5,7,12,29H,6,8H2,1-2H3,(H,23,26)(H,24,28);5,9,20H,6-7H2,1-4H3;3-5H,1-2H3,(H,11,12)(H,13,14);2-5H,1H3,(H,10,11)(H,12,13);2-4H,9H2,1H3,(H,10,11);;;. The van der Waals surface area contributed by atoms with Crippen LogP contribution in [0.4, 0.5) is 38.9 Å². The molecule has 12 aromatic rings. The van der Waals surface area contributed by atoms with Crippen LogP contribution >= 0.6 is 23.2 Å². The SMILES string of the molecule is CC(=O)Nc1cnc2[nH]c(C(=O)N3CC(CCl)c4c3cc(O)c3oc(C)nc43)cc2c1.CC(=O)Nc1cnc2[nH]c(C)cc2c1.CC(=O)Nc1cnc2[nH]ccc2c1.Cc1cc2cc(N)cnc2[nH]1.Cc1nc2c3c(cc(O)c2o1)N(C(=O)OC(C)(C)C)CC3CCl.O=C=O.O=C=O.O=C=O. The normalized spacial score (nSPS) is 13.0. The number of phenols is 2. The van der Waals surface area contributed by atoms with E-state index in [1.807, 2.05) is 77.2 Å². The lowest BCUT2D eigenvalue weighted by Crippen LogP contribution is -2.36. The molecule has 12 heterocycles. The molecule has 5 amide bonds. The third-order valence-electron chi connectivity index (χ3n) is 14.3. The fourth-order valence-corrected chi connectivity index (χ4v) is 11.2. The Morgan fingerprint density at radius 1 is 0.584 bits per heavy atom. The Balaban J connectivity index is 0.000000180. The number of carbonyl (C=O) groups is 5. The van der Waals surface area contributed by atoms with Gasteiger partial charge in [0.15, 0.2) is 34.4 Å². The van der Waals surface area contributed by atoms with E-state index < -0.39 is 11.7 Å². The van der Waals surface area contributed by atoms with E-state index in [4.69, 9.17) is 71.3 Å². The number of alkyl halides is 2. The molecule has 2 unspecified atom stereocenters. The van der Waals surface area contributed by atoms with Crippen LogP contribution in [-0.2, 0) is 47.9 Å². The summed E-state index contributed by atoms with van der Waals surface area (Å²) < 4.78 is 16.4. The highest BCUT2D eigenvalue weighted by atomic mass is 35.5. The highest BCUT2D eigenvalue weighted by Gasteiger charge is 2.39. The van der Waals surface area contributed by atoms with E-state index in [1.54, 1.807) is 49.5 Å². The molecule has 2 aliphatic rings. The van der Waals surface area contributed by atoms with E-state index in [1.165, 1.54) is 44.0 Å². The topological polar surface area (TPSA) is 473 Å². The van der Waals surface area contributed by atoms with Crippen molar-refractivity contribution >= 4 is 172 Å². The average Bonchev–Trinajstić information content (AvgIpc) is 1.60. The summed E-state index contributed by atoms with van der Waals surface area (Å²) in [6, 6.07) is 18.1. The number of anilines is 6. The van der Waals surface area contributed by atoms with Crippen LogP contribution < -0.4 is 31.5 Å². The van der Waals surface area contributed by atoms with E-state index in [-0.39, 0.29) is 71.3 Å². The van der Waals surface area contributed by atoms with Gasteiger partial charge in [0.25, 0.3) is 5.91 Å². The number of pyridine rings is 4. The van der Waals surface area contributed by atoms with Gasteiger partial charge in [0.1, 0.15) is 44.9 Å². The van der Waals surface area contributed by atoms with Crippen molar-refractivity contribution in [2.75, 3.05) is 56.3 Å². The second kappa shape index (κ2) is 33.6. The van der Waals surface area contributed by atoms with Crippen molar-refractivity contribution in [1.82, 2.24) is 49.8 Å². The number of nitrogens with two attached hydrogens (primary N) is 1. The summed E-state index contributed by atoms with van der Waals surface area (Å²) in [4.78, 5) is 148. The Morgan fingerprint density at radius 2 is 0.980 bits per heavy atom. The van der Waals surface area contributed by atoms with Crippen molar-refractivity contribution in [2.45, 2.75) is 86.7 Å². The number of hydrogen-bond acceptors (Lipinski definition) is 23. The van der Waals surface area contributed by atoms with Crippen LogP contribution in [0.15, 0.2) is 100 Å². The number of nitrogens with one attached hydrogen (secondary N) is 7. The number of oxazole rings is 2. The highest BCUT2D eigenvalue weighted by Crippen LogP contribution is 2.47. The number of aryl methyl sites for hydroxylation is 4. The lowest BCUT2D eigenvalue weighted by atomic mass is 10.0. The van der Waals surface area contributed by atoms with E-state index in [0.29, 0.717) is 92.4 Å². The molecular weight excluding hydrogens is 1360 g/mol. The molecule has 34 heteroatoms. The monoisotopic (exact) mass is 1420 g/mol. The number of aromatic nitrogens is 10. The van der Waals surface area contributed by atoms with Crippen molar-refractivity contribution in [3.8, 4) is 11.5 Å². The number of H-pyrrole nitrogens is 4. The quantitative estimate of drug-likeness (QED) is 0.0691. The van der Waals surface area contributed by atoms with Gasteiger partial charge in [-0.3, -0.25) is 24.1 Å². The Hall–Kier alpha value is -12.6. The second-order valence-corrected chi connectivity index (χ2v) is 23.9. The molecule has 0 bridgehead atoms. The predicted molar refractivity (Wildman–Crippen MR) is 369 cm³/mol. The summed E-state index contributed by atoms with van der Waals surface area (Å²) >= 11 is 12.3. The van der Waals surface area contributed by atoms with Crippen LogP contribution in [0, 0.1) is 27.7 Å². The summed E-state index contributed by atoms with van der Waals surface area (Å²) in [5.41, 5.74) is 17.7. The van der Waals surface area contributed by atoms with Gasteiger partial charge >= 0.3 is 24.5 Å². The number of halogens is 2. The Kier molecular flexibility index (Phi) is 25.2. The highest BCUT2D eigenvalue weighted by molar-refractivity contribution is 6.20. The fraction of sp³-hybridized carbons (Fsp3) is 0.254. The predicted octanol–water partition coefficient (Wildman–Crippen LogP) is 10.6. The lowest BCUT2D eigenvalue weighted by molar-refractivity contribution is -0.193. The molecule has 10 aromatic heterocycles. The van der Waals surface area contributed by atoms with Crippen LogP contribution in [0.5, 0.6) is 11.5 Å². The Labute approximate surface area is 581 Å². The third-order valence-corrected chi connectivity index (χ3v) is 15.0. The molecule has 14 rings (SSSR count). The molecule has 0 saturated heterocycles. The molecule has 2 atom stereocenters. The molecule has 2 aromatic carbocycles. The molecule has 32 nitrogen and oxygen atoms in total. The van der Waals surface area contributed by atoms with Crippen molar-refractivity contribution in [3.05, 3.63) is 132 Å². The molecule has 2 aliphatic heterocycles. The van der Waals surface area contributed by atoms with E-state index in [9.17, 15) is 34.2 Å². The molecular formula is C67H66Cl2N16O16. The number of amides is 5. The molecule has 0 aliphatic carbocycles. The summed E-state index contributed by atoms with van der Waals surface area (Å²) in [6.45, 7) is 17.9. The Bertz CT molecular complexity index is 5120. The van der Waals surface area contributed by atoms with Gasteiger partial charge in [-0.15, -0.1) is 23.2 Å². The Morgan fingerprint density at radius 3 is 1.43 bits per heavy atom. The van der Waals surface area contributed by atoms with Gasteiger partial charge in [0.05, 0.1) is 58.9 Å². The number of aromatic amines is 4. The number of nitrogens with zero attached hydrogens (tertiary/aromatic N) is 8. The minimum Gasteiger partial charge on any atom is -0.504 e. The van der Waals surface area contributed by atoms with E-state index in [2.05, 4.69) is 65.8 Å². The van der Waals surface area contributed by atoms with Gasteiger partial charge < -0.3 is 70.3 Å². The molecule has 0 radical (unpaired) electrons. The average molecular weight is 1420 g/mol. The number of nitrogen functional groups attached to an aromatic ring is 1. The maximum absolute atomic E-state index is 13.4. The molecule has 101 heavy (non-hydrogen) atoms. The molecule has 524 valence electrons. The number of fused-ring (bicyclic) bond motifs is 10. The fourth-order valence-electron chi connectivity index (χ4n) is 10.7. The molecule has 0 spiro atoms. The first kappa shape index (κ1) is 75.8. The van der Waals surface area contributed by atoms with E-state index in [0.717, 1.165) is 67.0 Å². The van der Waals surface area contributed by atoms with Gasteiger partial charge in [-0.2, -0.15) is 28.8 Å². The first-order chi connectivity index (χ1) is 48.0. The van der Waals surface area contributed by atoms with Crippen LogP contribution in [-0.4, -0.2) is 139 Å². The lowest BCUT2D eigenvalue weighted by Gasteiger charge is -2.25. The summed E-state index contributed by atoms with van der Waals surface area (Å²) in [7, 11) is 0. The molecule has 11 N–H and O–H groups in total. The van der Waals surface area contributed by atoms with Gasteiger partial charge in [0.2, 0.25) is 17.7 Å². The number of aromatic hydroxyl groups is 2. The zero-order chi connectivity index (χ0) is 74.2. The van der Waals surface area contributed by atoms with Crippen molar-refractivity contribution in [1.29, 1.82) is 0 Å². The maximum Gasteiger partial charge on any atom is 0.414 e. The number of phenolic OH excluding ortho intramolecular Hbond substituents is 2. The van der Waals surface area contributed by atoms with Crippen molar-refractivity contribution < 1.29 is 76.5 Å². The summed E-state index contributed by atoms with van der Waals surface area (Å²) in [6.07, 6.45) is 8.53. The first-order valence-corrected chi connectivity index (χ1v) is 31.1. The minimum absolute atomic E-state index is 0.0527. The first-order valence-electron chi connectivity index (χ1n) is 30.1. The minimum atomic E-state index is -0.604. The second-order valence-electron chi connectivity index (χ2n) is 23.2. The van der Waals surface area contributed by atoms with E-state index >= 15 is 0 Å². The van der Waals surface area contributed by atoms with Gasteiger partial charge in [-0.05, 0) is 83.1 Å². The van der Waals surface area contributed by atoms with Gasteiger partial charge in [-0.25, -0.2) is 34.7 Å². The smallest absolute Gasteiger partial charge is 0.414 e. The van der Waals surface area contributed by atoms with Gasteiger partial charge in [0, 0.05) is 134 Å².